The van der Waals surface area contributed by atoms with Crippen LogP contribution in [-0.2, 0) is 9.47 Å². The van der Waals surface area contributed by atoms with Crippen LogP contribution in [0.5, 0.6) is 0 Å². The summed E-state index contributed by atoms with van der Waals surface area (Å²) in [5.74, 6) is 0. The smallest absolute Gasteiger partial charge is 0.0642 e. The Bertz CT molecular complexity index is 393. The van der Waals surface area contributed by atoms with Crippen LogP contribution in [0.3, 0.4) is 0 Å². The second-order valence-electron chi connectivity index (χ2n) is 4.69. The second kappa shape index (κ2) is 9.19. The molecule has 1 aromatic rings. The van der Waals surface area contributed by atoms with E-state index in [0.29, 0.717) is 13.2 Å². The summed E-state index contributed by atoms with van der Waals surface area (Å²) in [4.78, 5) is 2.18. The number of rotatable bonds is 9. The molecule has 0 saturated heterocycles. The van der Waals surface area contributed by atoms with Gasteiger partial charge in [-0.05, 0) is 31.7 Å². The highest BCUT2D eigenvalue weighted by Gasteiger charge is 2.12. The zero-order valence-electron chi connectivity index (χ0n) is 12.8. The molecule has 0 bridgehead atoms. The Morgan fingerprint density at radius 1 is 1.20 bits per heavy atom. The van der Waals surface area contributed by atoms with Crippen molar-refractivity contribution in [3.63, 3.8) is 0 Å². The monoisotopic (exact) mass is 300 g/mol. The summed E-state index contributed by atoms with van der Waals surface area (Å²) in [5.41, 5.74) is 2.20. The number of anilines is 1. The van der Waals surface area contributed by atoms with Gasteiger partial charge in [-0.1, -0.05) is 17.7 Å². The van der Waals surface area contributed by atoms with Crippen molar-refractivity contribution in [2.75, 3.05) is 52.5 Å². The average Bonchev–Trinajstić information content (AvgIpc) is 2.47. The minimum atomic E-state index is 0.285. The van der Waals surface area contributed by atoms with Crippen molar-refractivity contribution < 1.29 is 9.47 Å². The van der Waals surface area contributed by atoms with Gasteiger partial charge in [0.2, 0.25) is 0 Å². The van der Waals surface area contributed by atoms with Crippen molar-refractivity contribution in [3.8, 4) is 0 Å². The first kappa shape index (κ1) is 17.2. The van der Waals surface area contributed by atoms with E-state index in [4.69, 9.17) is 21.1 Å². The first-order valence-electron chi connectivity index (χ1n) is 6.83. The van der Waals surface area contributed by atoms with E-state index in [2.05, 4.69) is 29.3 Å². The average molecular weight is 301 g/mol. The number of hydrogen-bond acceptors (Lipinski definition) is 4. The van der Waals surface area contributed by atoms with E-state index in [1.54, 1.807) is 14.2 Å². The van der Waals surface area contributed by atoms with Gasteiger partial charge in [-0.15, -0.1) is 0 Å². The Kier molecular flexibility index (Phi) is 7.92. The van der Waals surface area contributed by atoms with Gasteiger partial charge in [0.25, 0.3) is 0 Å². The molecule has 0 aliphatic carbocycles. The lowest BCUT2D eigenvalue weighted by molar-refractivity contribution is 0.190. The molecule has 1 rings (SSSR count). The van der Waals surface area contributed by atoms with E-state index in [9.17, 15) is 0 Å². The predicted molar refractivity (Wildman–Crippen MR) is 84.9 cm³/mol. The molecule has 114 valence electrons. The molecular weight excluding hydrogens is 276 g/mol. The van der Waals surface area contributed by atoms with Gasteiger partial charge in [-0.2, -0.15) is 0 Å². The van der Waals surface area contributed by atoms with Crippen LogP contribution in [0.2, 0.25) is 5.02 Å². The normalized spacial score (nSPS) is 12.4. The molecule has 0 saturated carbocycles. The molecule has 0 aromatic heterocycles. The SMILES string of the molecule is CNC(C)c1ccc(N(CCOC)CCOC)c(Cl)c1. The lowest BCUT2D eigenvalue weighted by Crippen LogP contribution is -2.31. The third-order valence-electron chi connectivity index (χ3n) is 3.38. The van der Waals surface area contributed by atoms with Crippen LogP contribution >= 0.6 is 11.6 Å². The van der Waals surface area contributed by atoms with Gasteiger partial charge in [0, 0.05) is 33.4 Å². The van der Waals surface area contributed by atoms with Crippen LogP contribution in [0, 0.1) is 0 Å². The van der Waals surface area contributed by atoms with Crippen LogP contribution in [0.25, 0.3) is 0 Å². The predicted octanol–water partition coefficient (Wildman–Crippen LogP) is 2.72. The number of benzene rings is 1. The molecule has 0 amide bonds. The van der Waals surface area contributed by atoms with Crippen LogP contribution in [0.1, 0.15) is 18.5 Å². The fourth-order valence-electron chi connectivity index (χ4n) is 1.97. The summed E-state index contributed by atoms with van der Waals surface area (Å²) in [6.07, 6.45) is 0. The van der Waals surface area contributed by atoms with Crippen molar-refractivity contribution in [1.29, 1.82) is 0 Å². The van der Waals surface area contributed by atoms with Crippen molar-refractivity contribution in [3.05, 3.63) is 28.8 Å². The van der Waals surface area contributed by atoms with Crippen LogP contribution in [-0.4, -0.2) is 47.6 Å². The summed E-state index contributed by atoms with van der Waals surface area (Å²) >= 11 is 6.43. The fraction of sp³-hybridized carbons (Fsp3) is 0.600. The molecule has 1 aromatic carbocycles. The number of nitrogens with one attached hydrogen (secondary N) is 1. The van der Waals surface area contributed by atoms with Crippen LogP contribution < -0.4 is 10.2 Å². The summed E-state index contributed by atoms with van der Waals surface area (Å²) in [5, 5.41) is 3.97. The molecule has 0 radical (unpaired) electrons. The third kappa shape index (κ3) is 4.94. The topological polar surface area (TPSA) is 33.7 Å². The second-order valence-corrected chi connectivity index (χ2v) is 5.10. The van der Waals surface area contributed by atoms with Gasteiger partial charge in [0.1, 0.15) is 0 Å². The minimum Gasteiger partial charge on any atom is -0.383 e. The molecule has 0 spiro atoms. The molecule has 0 heterocycles. The quantitative estimate of drug-likeness (QED) is 0.760. The largest absolute Gasteiger partial charge is 0.383 e. The maximum atomic E-state index is 6.43. The minimum absolute atomic E-state index is 0.285. The Balaban J connectivity index is 2.89. The van der Waals surface area contributed by atoms with E-state index in [1.807, 2.05) is 13.1 Å². The van der Waals surface area contributed by atoms with Gasteiger partial charge in [-0.3, -0.25) is 0 Å². The molecule has 0 aliphatic rings. The fourth-order valence-corrected chi connectivity index (χ4v) is 2.28. The highest BCUT2D eigenvalue weighted by atomic mass is 35.5. The van der Waals surface area contributed by atoms with Gasteiger partial charge >= 0.3 is 0 Å². The van der Waals surface area contributed by atoms with E-state index < -0.39 is 0 Å². The molecule has 0 fully saturated rings. The first-order chi connectivity index (χ1) is 9.63. The Morgan fingerprint density at radius 3 is 2.25 bits per heavy atom. The number of methoxy groups -OCH3 is 2. The highest BCUT2D eigenvalue weighted by molar-refractivity contribution is 6.33. The molecule has 4 nitrogen and oxygen atoms in total. The maximum Gasteiger partial charge on any atom is 0.0642 e. The first-order valence-corrected chi connectivity index (χ1v) is 7.21. The van der Waals surface area contributed by atoms with Gasteiger partial charge in [0.15, 0.2) is 0 Å². The van der Waals surface area contributed by atoms with E-state index in [0.717, 1.165) is 23.8 Å². The van der Waals surface area contributed by atoms with Crippen molar-refractivity contribution in [2.24, 2.45) is 0 Å². The van der Waals surface area contributed by atoms with E-state index >= 15 is 0 Å². The zero-order chi connectivity index (χ0) is 15.0. The molecule has 1 atom stereocenters. The van der Waals surface area contributed by atoms with E-state index in [1.165, 1.54) is 5.56 Å². The van der Waals surface area contributed by atoms with Crippen molar-refractivity contribution in [1.82, 2.24) is 5.32 Å². The third-order valence-corrected chi connectivity index (χ3v) is 3.68. The Morgan fingerprint density at radius 2 is 1.80 bits per heavy atom. The summed E-state index contributed by atoms with van der Waals surface area (Å²) in [6.45, 7) is 5.02. The van der Waals surface area contributed by atoms with Crippen LogP contribution in [0.15, 0.2) is 18.2 Å². The Hall–Kier alpha value is -0.810. The Labute approximate surface area is 127 Å². The molecule has 1 unspecified atom stereocenters. The lowest BCUT2D eigenvalue weighted by Gasteiger charge is -2.26. The molecule has 5 heteroatoms. The van der Waals surface area contributed by atoms with Gasteiger partial charge in [-0.25, -0.2) is 0 Å². The van der Waals surface area contributed by atoms with E-state index in [-0.39, 0.29) is 6.04 Å². The van der Waals surface area contributed by atoms with Crippen molar-refractivity contribution >= 4 is 17.3 Å². The number of hydrogen-bond donors (Lipinski definition) is 1. The number of halogens is 1. The molecule has 1 N–H and O–H groups in total. The summed E-state index contributed by atoms with van der Waals surface area (Å²) < 4.78 is 10.3. The van der Waals surface area contributed by atoms with Crippen LogP contribution in [0.4, 0.5) is 5.69 Å². The number of ether oxygens (including phenoxy) is 2. The lowest BCUT2D eigenvalue weighted by atomic mass is 10.1. The van der Waals surface area contributed by atoms with Gasteiger partial charge < -0.3 is 19.7 Å². The molecule has 20 heavy (non-hydrogen) atoms. The molecule has 0 aliphatic heterocycles. The number of nitrogens with zero attached hydrogens (tertiary/aromatic N) is 1. The summed E-state index contributed by atoms with van der Waals surface area (Å²) in [7, 11) is 5.34. The van der Waals surface area contributed by atoms with Gasteiger partial charge in [0.05, 0.1) is 23.9 Å². The highest BCUT2D eigenvalue weighted by Crippen LogP contribution is 2.28. The zero-order valence-corrected chi connectivity index (χ0v) is 13.5. The van der Waals surface area contributed by atoms with Crippen molar-refractivity contribution in [2.45, 2.75) is 13.0 Å². The standard InChI is InChI=1S/C15H25ClN2O2/c1-12(17-2)13-5-6-15(14(16)11-13)18(7-9-19-3)8-10-20-4/h5-6,11-12,17H,7-10H2,1-4H3. The molecular formula is C15H25ClN2O2. The summed E-state index contributed by atoms with van der Waals surface area (Å²) in [6, 6.07) is 6.48. The maximum absolute atomic E-state index is 6.43.